The van der Waals surface area contributed by atoms with Crippen LogP contribution >= 0.6 is 0 Å². The van der Waals surface area contributed by atoms with Crippen molar-refractivity contribution in [2.75, 3.05) is 33.8 Å². The van der Waals surface area contributed by atoms with Crippen LogP contribution in [0.2, 0.25) is 0 Å². The number of urea groups is 1. The van der Waals surface area contributed by atoms with E-state index in [9.17, 15) is 4.79 Å². The van der Waals surface area contributed by atoms with Gasteiger partial charge in [0.25, 0.3) is 0 Å². The molecule has 0 aromatic heterocycles. The Balaban J connectivity index is 1.98. The first-order valence-corrected chi connectivity index (χ1v) is 6.01. The van der Waals surface area contributed by atoms with Gasteiger partial charge in [-0.2, -0.15) is 0 Å². The van der Waals surface area contributed by atoms with Crippen LogP contribution in [0.15, 0.2) is 24.3 Å². The maximum atomic E-state index is 11.7. The largest absolute Gasteiger partial charge is 0.497 e. The van der Waals surface area contributed by atoms with E-state index in [-0.39, 0.29) is 12.1 Å². The summed E-state index contributed by atoms with van der Waals surface area (Å²) in [5.41, 5.74) is 7.13. The Labute approximate surface area is 107 Å². The maximum absolute atomic E-state index is 11.7. The third-order valence-corrected chi connectivity index (χ3v) is 3.26. The number of nitrogens with zero attached hydrogens (tertiary/aromatic N) is 2. The molecule has 0 radical (unpaired) electrons. The van der Waals surface area contributed by atoms with Gasteiger partial charge in [-0.05, 0) is 17.7 Å². The van der Waals surface area contributed by atoms with E-state index in [0.29, 0.717) is 6.54 Å². The lowest BCUT2D eigenvalue weighted by Gasteiger charge is -2.21. The Morgan fingerprint density at radius 1 is 1.33 bits per heavy atom. The second-order valence-electron chi connectivity index (χ2n) is 4.53. The van der Waals surface area contributed by atoms with E-state index in [4.69, 9.17) is 10.5 Å². The van der Waals surface area contributed by atoms with Gasteiger partial charge in [0.15, 0.2) is 0 Å². The van der Waals surface area contributed by atoms with Crippen LogP contribution < -0.4 is 10.5 Å². The first-order valence-electron chi connectivity index (χ1n) is 6.01. The van der Waals surface area contributed by atoms with Crippen molar-refractivity contribution in [2.24, 2.45) is 5.73 Å². The van der Waals surface area contributed by atoms with Crippen LogP contribution in [0.1, 0.15) is 11.6 Å². The molecule has 18 heavy (non-hydrogen) atoms. The van der Waals surface area contributed by atoms with Crippen molar-refractivity contribution in [3.8, 4) is 5.75 Å². The monoisotopic (exact) mass is 249 g/mol. The number of nitrogens with two attached hydrogens (primary N) is 1. The molecule has 5 heteroatoms. The molecule has 0 spiro atoms. The molecule has 0 bridgehead atoms. The number of hydrogen-bond donors (Lipinski definition) is 1. The summed E-state index contributed by atoms with van der Waals surface area (Å²) in [6.07, 6.45) is 0. The highest BCUT2D eigenvalue weighted by Crippen LogP contribution is 2.18. The fraction of sp³-hybridized carbons (Fsp3) is 0.462. The number of ether oxygens (including phenoxy) is 1. The minimum absolute atomic E-state index is 0.0546. The van der Waals surface area contributed by atoms with E-state index in [1.54, 1.807) is 24.0 Å². The second-order valence-corrected chi connectivity index (χ2v) is 4.53. The topological polar surface area (TPSA) is 58.8 Å². The molecule has 1 aliphatic rings. The summed E-state index contributed by atoms with van der Waals surface area (Å²) in [7, 11) is 3.44. The molecule has 1 aromatic carbocycles. The molecule has 1 atom stereocenters. The SMILES string of the molecule is COc1ccc(C(N)CN2CCN(C)C2=O)cc1. The van der Waals surface area contributed by atoms with Crippen LogP contribution in [-0.4, -0.2) is 49.6 Å². The van der Waals surface area contributed by atoms with Gasteiger partial charge in [0.1, 0.15) is 5.75 Å². The molecule has 5 nitrogen and oxygen atoms in total. The van der Waals surface area contributed by atoms with Gasteiger partial charge in [-0.1, -0.05) is 12.1 Å². The quantitative estimate of drug-likeness (QED) is 0.868. The Bertz CT molecular complexity index is 419. The fourth-order valence-electron chi connectivity index (χ4n) is 2.07. The number of carbonyl (C=O) groups excluding carboxylic acids is 1. The zero-order valence-electron chi connectivity index (χ0n) is 10.8. The maximum Gasteiger partial charge on any atom is 0.319 e. The number of benzene rings is 1. The van der Waals surface area contributed by atoms with Gasteiger partial charge in [0.2, 0.25) is 0 Å². The van der Waals surface area contributed by atoms with Crippen molar-refractivity contribution < 1.29 is 9.53 Å². The summed E-state index contributed by atoms with van der Waals surface area (Å²) in [6, 6.07) is 7.53. The summed E-state index contributed by atoms with van der Waals surface area (Å²) < 4.78 is 5.10. The number of rotatable bonds is 4. The van der Waals surface area contributed by atoms with E-state index in [1.807, 2.05) is 24.3 Å². The molecule has 1 unspecified atom stereocenters. The van der Waals surface area contributed by atoms with Crippen molar-refractivity contribution in [1.29, 1.82) is 0 Å². The van der Waals surface area contributed by atoms with Gasteiger partial charge in [-0.15, -0.1) is 0 Å². The highest BCUT2D eigenvalue weighted by atomic mass is 16.5. The molecule has 2 rings (SSSR count). The highest BCUT2D eigenvalue weighted by Gasteiger charge is 2.26. The standard InChI is InChI=1S/C13H19N3O2/c1-15-7-8-16(13(15)17)9-12(14)10-3-5-11(18-2)6-4-10/h3-6,12H,7-9,14H2,1-2H3. The van der Waals surface area contributed by atoms with Crippen molar-refractivity contribution in [3.63, 3.8) is 0 Å². The molecular formula is C13H19N3O2. The summed E-state index contributed by atoms with van der Waals surface area (Å²) in [5.74, 6) is 0.808. The molecule has 98 valence electrons. The lowest BCUT2D eigenvalue weighted by Crippen LogP contribution is -2.35. The smallest absolute Gasteiger partial charge is 0.319 e. The number of amides is 2. The Hall–Kier alpha value is -1.75. The fourth-order valence-corrected chi connectivity index (χ4v) is 2.07. The summed E-state index contributed by atoms with van der Waals surface area (Å²) in [5, 5.41) is 0. The molecule has 1 fully saturated rings. The molecule has 1 heterocycles. The third-order valence-electron chi connectivity index (χ3n) is 3.26. The Morgan fingerprint density at radius 2 is 2.00 bits per heavy atom. The van der Waals surface area contributed by atoms with E-state index >= 15 is 0 Å². The van der Waals surface area contributed by atoms with Crippen molar-refractivity contribution in [3.05, 3.63) is 29.8 Å². The third kappa shape index (κ3) is 2.56. The van der Waals surface area contributed by atoms with Crippen LogP contribution in [0, 0.1) is 0 Å². The van der Waals surface area contributed by atoms with Gasteiger partial charge >= 0.3 is 6.03 Å². The van der Waals surface area contributed by atoms with Crippen LogP contribution in [0.3, 0.4) is 0 Å². The van der Waals surface area contributed by atoms with Crippen LogP contribution in [-0.2, 0) is 0 Å². The molecule has 2 amide bonds. The molecule has 1 aromatic rings. The average Bonchev–Trinajstić information content (AvgIpc) is 2.71. The summed E-state index contributed by atoms with van der Waals surface area (Å²) in [6.45, 7) is 2.07. The zero-order chi connectivity index (χ0) is 13.1. The van der Waals surface area contributed by atoms with Crippen LogP contribution in [0.4, 0.5) is 4.79 Å². The molecule has 0 aliphatic carbocycles. The zero-order valence-corrected chi connectivity index (χ0v) is 10.8. The van der Waals surface area contributed by atoms with Gasteiger partial charge in [-0.3, -0.25) is 0 Å². The predicted octanol–water partition coefficient (Wildman–Crippen LogP) is 1.06. The van der Waals surface area contributed by atoms with Gasteiger partial charge < -0.3 is 20.3 Å². The molecule has 1 aliphatic heterocycles. The minimum Gasteiger partial charge on any atom is -0.497 e. The normalized spacial score (nSPS) is 17.2. The van der Waals surface area contributed by atoms with Crippen LogP contribution in [0.5, 0.6) is 5.75 Å². The Morgan fingerprint density at radius 3 is 2.50 bits per heavy atom. The van der Waals surface area contributed by atoms with Crippen molar-refractivity contribution in [2.45, 2.75) is 6.04 Å². The average molecular weight is 249 g/mol. The number of methoxy groups -OCH3 is 1. The van der Waals surface area contributed by atoms with Gasteiger partial charge in [0, 0.05) is 32.7 Å². The number of carbonyl (C=O) groups is 1. The molecular weight excluding hydrogens is 230 g/mol. The van der Waals surface area contributed by atoms with E-state index in [2.05, 4.69) is 0 Å². The summed E-state index contributed by atoms with van der Waals surface area (Å²) in [4.78, 5) is 15.2. The predicted molar refractivity (Wildman–Crippen MR) is 69.5 cm³/mol. The highest BCUT2D eigenvalue weighted by molar-refractivity contribution is 5.76. The molecule has 1 saturated heterocycles. The minimum atomic E-state index is -0.161. The van der Waals surface area contributed by atoms with E-state index in [0.717, 1.165) is 24.4 Å². The Kier molecular flexibility index (Phi) is 3.72. The lowest BCUT2D eigenvalue weighted by atomic mass is 10.1. The first kappa shape index (κ1) is 12.7. The van der Waals surface area contributed by atoms with Crippen molar-refractivity contribution in [1.82, 2.24) is 9.80 Å². The lowest BCUT2D eigenvalue weighted by molar-refractivity contribution is 0.196. The van der Waals surface area contributed by atoms with Gasteiger partial charge in [-0.25, -0.2) is 4.79 Å². The van der Waals surface area contributed by atoms with E-state index < -0.39 is 0 Å². The first-order chi connectivity index (χ1) is 8.61. The number of likely N-dealkylation sites (N-methyl/N-ethyl adjacent to an activating group) is 1. The molecule has 2 N–H and O–H groups in total. The van der Waals surface area contributed by atoms with E-state index in [1.165, 1.54) is 0 Å². The second kappa shape index (κ2) is 5.27. The van der Waals surface area contributed by atoms with Crippen LogP contribution in [0.25, 0.3) is 0 Å². The number of hydrogen-bond acceptors (Lipinski definition) is 3. The van der Waals surface area contributed by atoms with Gasteiger partial charge in [0.05, 0.1) is 7.11 Å². The molecule has 0 saturated carbocycles. The summed E-state index contributed by atoms with van der Waals surface area (Å²) >= 11 is 0. The van der Waals surface area contributed by atoms with Crippen molar-refractivity contribution >= 4 is 6.03 Å².